The lowest BCUT2D eigenvalue weighted by atomic mass is 10.1. The van der Waals surface area contributed by atoms with Gasteiger partial charge < -0.3 is 4.74 Å². The van der Waals surface area contributed by atoms with Gasteiger partial charge in [-0.25, -0.2) is 10.2 Å². The molecule has 0 aliphatic carbocycles. The Labute approximate surface area is 174 Å². The van der Waals surface area contributed by atoms with Crippen LogP contribution in [0.3, 0.4) is 0 Å². The number of benzene rings is 1. The number of amides is 2. The van der Waals surface area contributed by atoms with Crippen LogP contribution in [0.1, 0.15) is 52.5 Å². The lowest BCUT2D eigenvalue weighted by Gasteiger charge is -2.38. The van der Waals surface area contributed by atoms with Crippen molar-refractivity contribution in [2.45, 2.75) is 65.1 Å². The van der Waals surface area contributed by atoms with Gasteiger partial charge in [-0.1, -0.05) is 30.3 Å². The summed E-state index contributed by atoms with van der Waals surface area (Å²) in [6.45, 7) is 12.8. The second kappa shape index (κ2) is 11.2. The molecule has 29 heavy (non-hydrogen) atoms. The van der Waals surface area contributed by atoms with E-state index in [1.54, 1.807) is 20.8 Å². The molecule has 0 aromatic heterocycles. The Morgan fingerprint density at radius 3 is 2.34 bits per heavy atom. The Morgan fingerprint density at radius 2 is 1.72 bits per heavy atom. The highest BCUT2D eigenvalue weighted by molar-refractivity contribution is 5.79. The van der Waals surface area contributed by atoms with Crippen LogP contribution in [0.2, 0.25) is 0 Å². The van der Waals surface area contributed by atoms with Crippen LogP contribution < -0.4 is 10.9 Å². The standard InChI is InChI=1S/C22H36N4O3/c1-18(9-8-12-20(27)23-24-21(28)29-22(2,3)4)26-15-13-25(14-16-26)17-19-10-6-5-7-11-19/h5-7,10-11,18H,8-9,12-17H2,1-4H3,(H,23,27)(H,24,28). The first-order valence-corrected chi connectivity index (χ1v) is 10.5. The maximum atomic E-state index is 11.9. The van der Waals surface area contributed by atoms with E-state index in [1.165, 1.54) is 5.56 Å². The lowest BCUT2D eigenvalue weighted by Crippen LogP contribution is -2.49. The molecule has 1 aliphatic heterocycles. The van der Waals surface area contributed by atoms with Crippen molar-refractivity contribution < 1.29 is 14.3 Å². The van der Waals surface area contributed by atoms with Crippen molar-refractivity contribution >= 4 is 12.0 Å². The van der Waals surface area contributed by atoms with E-state index in [2.05, 4.69) is 57.9 Å². The van der Waals surface area contributed by atoms with Gasteiger partial charge in [0.15, 0.2) is 0 Å². The first kappa shape index (κ1) is 23.2. The summed E-state index contributed by atoms with van der Waals surface area (Å²) in [6.07, 6.45) is 1.48. The van der Waals surface area contributed by atoms with Crippen LogP contribution in [0.4, 0.5) is 4.79 Å². The zero-order valence-corrected chi connectivity index (χ0v) is 18.2. The number of nitrogens with zero attached hydrogens (tertiary/aromatic N) is 2. The van der Waals surface area contributed by atoms with E-state index in [-0.39, 0.29) is 5.91 Å². The fraction of sp³-hybridized carbons (Fsp3) is 0.636. The van der Waals surface area contributed by atoms with E-state index < -0.39 is 11.7 Å². The molecule has 1 aromatic rings. The molecule has 0 bridgehead atoms. The van der Waals surface area contributed by atoms with Gasteiger partial charge in [0.1, 0.15) is 5.60 Å². The third kappa shape index (κ3) is 9.28. The molecule has 1 aliphatic rings. The van der Waals surface area contributed by atoms with Crippen molar-refractivity contribution in [3.8, 4) is 0 Å². The van der Waals surface area contributed by atoms with Crippen molar-refractivity contribution in [3.05, 3.63) is 35.9 Å². The fourth-order valence-electron chi connectivity index (χ4n) is 3.43. The molecule has 7 nitrogen and oxygen atoms in total. The lowest BCUT2D eigenvalue weighted by molar-refractivity contribution is -0.122. The minimum absolute atomic E-state index is 0.198. The zero-order chi connectivity index (χ0) is 21.3. The molecule has 0 spiro atoms. The topological polar surface area (TPSA) is 73.9 Å². The van der Waals surface area contributed by atoms with E-state index in [4.69, 9.17) is 4.74 Å². The molecule has 7 heteroatoms. The summed E-state index contributed by atoms with van der Waals surface area (Å²) in [7, 11) is 0. The highest BCUT2D eigenvalue weighted by atomic mass is 16.6. The van der Waals surface area contributed by atoms with Crippen molar-refractivity contribution in [1.82, 2.24) is 20.7 Å². The molecule has 162 valence electrons. The maximum absolute atomic E-state index is 11.9. The van der Waals surface area contributed by atoms with Crippen molar-refractivity contribution in [2.75, 3.05) is 26.2 Å². The van der Waals surface area contributed by atoms with Crippen LogP contribution in [-0.2, 0) is 16.1 Å². The molecule has 2 amide bonds. The van der Waals surface area contributed by atoms with E-state index >= 15 is 0 Å². The molecule has 2 N–H and O–H groups in total. The van der Waals surface area contributed by atoms with E-state index in [0.29, 0.717) is 12.5 Å². The molecule has 1 aromatic carbocycles. The fourth-order valence-corrected chi connectivity index (χ4v) is 3.43. The third-order valence-electron chi connectivity index (χ3n) is 5.01. The van der Waals surface area contributed by atoms with E-state index in [0.717, 1.165) is 45.6 Å². The third-order valence-corrected chi connectivity index (χ3v) is 5.01. The number of carbonyl (C=O) groups is 2. The molecule has 1 unspecified atom stereocenters. The molecular weight excluding hydrogens is 368 g/mol. The Balaban J connectivity index is 1.58. The molecule has 1 atom stereocenters. The van der Waals surface area contributed by atoms with Gasteiger partial charge in [-0.05, 0) is 46.1 Å². The van der Waals surface area contributed by atoms with Crippen LogP contribution in [0, 0.1) is 0 Å². The molecule has 2 rings (SSSR count). The number of hydrogen-bond acceptors (Lipinski definition) is 5. The quantitative estimate of drug-likeness (QED) is 0.684. The Kier molecular flexibility index (Phi) is 8.92. The number of piperazine rings is 1. The predicted octanol–water partition coefficient (Wildman–Crippen LogP) is 2.92. The highest BCUT2D eigenvalue weighted by Crippen LogP contribution is 2.14. The Bertz CT molecular complexity index is 637. The smallest absolute Gasteiger partial charge is 0.426 e. The number of nitrogens with one attached hydrogen (secondary N) is 2. The minimum atomic E-state index is -0.646. The second-order valence-electron chi connectivity index (χ2n) is 8.71. The van der Waals surface area contributed by atoms with E-state index in [1.807, 2.05) is 0 Å². The van der Waals surface area contributed by atoms with Crippen LogP contribution in [0.15, 0.2) is 30.3 Å². The number of carbonyl (C=O) groups excluding carboxylic acids is 2. The second-order valence-corrected chi connectivity index (χ2v) is 8.71. The average Bonchev–Trinajstić information content (AvgIpc) is 2.66. The van der Waals surface area contributed by atoms with Crippen LogP contribution in [-0.4, -0.2) is 59.6 Å². The molecule has 0 radical (unpaired) electrons. The van der Waals surface area contributed by atoms with Gasteiger partial charge in [0.2, 0.25) is 5.91 Å². The average molecular weight is 405 g/mol. The normalized spacial score (nSPS) is 16.8. The molecular formula is C22H36N4O3. The van der Waals surface area contributed by atoms with Gasteiger partial charge >= 0.3 is 6.09 Å². The number of hydrazine groups is 1. The summed E-state index contributed by atoms with van der Waals surface area (Å²) in [4.78, 5) is 28.4. The predicted molar refractivity (Wildman–Crippen MR) is 114 cm³/mol. The van der Waals surface area contributed by atoms with Crippen LogP contribution >= 0.6 is 0 Å². The number of rotatable bonds is 7. The van der Waals surface area contributed by atoms with Gasteiger partial charge in [-0.15, -0.1) is 0 Å². The summed E-state index contributed by atoms with van der Waals surface area (Å²) in [5, 5.41) is 0. The minimum Gasteiger partial charge on any atom is -0.443 e. The van der Waals surface area contributed by atoms with Crippen LogP contribution in [0.5, 0.6) is 0 Å². The number of ether oxygens (including phenoxy) is 1. The molecule has 0 saturated carbocycles. The van der Waals surface area contributed by atoms with Gasteiger partial charge in [0.05, 0.1) is 0 Å². The summed E-state index contributed by atoms with van der Waals surface area (Å²) in [6, 6.07) is 11.0. The van der Waals surface area contributed by atoms with Gasteiger partial charge in [0, 0.05) is 45.2 Å². The Morgan fingerprint density at radius 1 is 1.07 bits per heavy atom. The number of hydrogen-bond donors (Lipinski definition) is 2. The Hall–Kier alpha value is -2.12. The van der Waals surface area contributed by atoms with E-state index in [9.17, 15) is 9.59 Å². The SMILES string of the molecule is CC(CCCC(=O)NNC(=O)OC(C)(C)C)N1CCN(Cc2ccccc2)CC1. The largest absolute Gasteiger partial charge is 0.443 e. The van der Waals surface area contributed by atoms with Crippen molar-refractivity contribution in [2.24, 2.45) is 0 Å². The zero-order valence-electron chi connectivity index (χ0n) is 18.2. The summed E-state index contributed by atoms with van der Waals surface area (Å²) >= 11 is 0. The summed E-state index contributed by atoms with van der Waals surface area (Å²) in [5.41, 5.74) is 5.47. The molecule has 1 saturated heterocycles. The monoisotopic (exact) mass is 404 g/mol. The first-order chi connectivity index (χ1) is 13.7. The van der Waals surface area contributed by atoms with Gasteiger partial charge in [0.25, 0.3) is 0 Å². The molecule has 1 fully saturated rings. The van der Waals surface area contributed by atoms with Crippen LogP contribution in [0.25, 0.3) is 0 Å². The maximum Gasteiger partial charge on any atom is 0.426 e. The summed E-state index contributed by atoms with van der Waals surface area (Å²) < 4.78 is 5.08. The molecule has 1 heterocycles. The van der Waals surface area contributed by atoms with Crippen molar-refractivity contribution in [3.63, 3.8) is 0 Å². The van der Waals surface area contributed by atoms with Gasteiger partial charge in [-0.2, -0.15) is 0 Å². The highest BCUT2D eigenvalue weighted by Gasteiger charge is 2.21. The van der Waals surface area contributed by atoms with Crippen molar-refractivity contribution in [1.29, 1.82) is 0 Å². The summed E-state index contributed by atoms with van der Waals surface area (Å²) in [5.74, 6) is -0.198. The van der Waals surface area contributed by atoms with Gasteiger partial charge in [-0.3, -0.25) is 20.0 Å². The first-order valence-electron chi connectivity index (χ1n) is 10.5.